The van der Waals surface area contributed by atoms with Crippen molar-refractivity contribution in [2.24, 2.45) is 0 Å². The van der Waals surface area contributed by atoms with Crippen LogP contribution < -0.4 is 0 Å². The first-order valence-corrected chi connectivity index (χ1v) is 5.01. The van der Waals surface area contributed by atoms with E-state index in [2.05, 4.69) is 0 Å². The van der Waals surface area contributed by atoms with Gasteiger partial charge < -0.3 is 4.57 Å². The molecule has 2 rings (SSSR count). The van der Waals surface area contributed by atoms with Crippen molar-refractivity contribution >= 4 is 16.7 Å². The van der Waals surface area contributed by atoms with E-state index in [0.29, 0.717) is 5.52 Å². The molecule has 0 aliphatic carbocycles. The monoisotopic (exact) mass is 252 g/mol. The number of rotatable bonds is 2. The molecule has 0 bridgehead atoms. The SMILES string of the molecule is N#CCn1cc(C(=O)C(F)(F)F)c2ccccc21. The number of hydrogen-bond acceptors (Lipinski definition) is 2. The van der Waals surface area contributed by atoms with Gasteiger partial charge in [0.2, 0.25) is 0 Å². The lowest BCUT2D eigenvalue weighted by Crippen LogP contribution is -2.22. The molecule has 0 saturated carbocycles. The number of hydrogen-bond donors (Lipinski definition) is 0. The molecule has 0 atom stereocenters. The lowest BCUT2D eigenvalue weighted by molar-refractivity contribution is -0.0884. The highest BCUT2D eigenvalue weighted by atomic mass is 19.4. The number of fused-ring (bicyclic) bond motifs is 1. The van der Waals surface area contributed by atoms with Crippen molar-refractivity contribution in [3.8, 4) is 6.07 Å². The molecule has 3 nitrogen and oxygen atoms in total. The first-order valence-electron chi connectivity index (χ1n) is 5.01. The van der Waals surface area contributed by atoms with Gasteiger partial charge in [0, 0.05) is 17.1 Å². The van der Waals surface area contributed by atoms with E-state index in [-0.39, 0.29) is 11.9 Å². The standard InChI is InChI=1S/C12H7F3N2O/c13-12(14,15)11(18)9-7-17(6-5-16)10-4-2-1-3-8(9)10/h1-4,7H,6H2. The summed E-state index contributed by atoms with van der Waals surface area (Å²) >= 11 is 0. The van der Waals surface area contributed by atoms with Crippen LogP contribution in [0.15, 0.2) is 30.5 Å². The fourth-order valence-corrected chi connectivity index (χ4v) is 1.79. The van der Waals surface area contributed by atoms with Crippen molar-refractivity contribution < 1.29 is 18.0 Å². The van der Waals surface area contributed by atoms with E-state index < -0.39 is 17.5 Å². The minimum atomic E-state index is -4.92. The average molecular weight is 252 g/mol. The summed E-state index contributed by atoms with van der Waals surface area (Å²) < 4.78 is 38.6. The van der Waals surface area contributed by atoms with E-state index >= 15 is 0 Å². The number of para-hydroxylation sites is 1. The second kappa shape index (κ2) is 4.18. The fraction of sp³-hybridized carbons (Fsp3) is 0.167. The number of nitriles is 1. The van der Waals surface area contributed by atoms with Crippen molar-refractivity contribution in [1.82, 2.24) is 4.57 Å². The van der Waals surface area contributed by atoms with Crippen LogP contribution in [0.1, 0.15) is 10.4 Å². The quantitative estimate of drug-likeness (QED) is 0.771. The molecule has 0 amide bonds. The van der Waals surface area contributed by atoms with E-state index in [1.54, 1.807) is 18.2 Å². The highest BCUT2D eigenvalue weighted by molar-refractivity contribution is 6.10. The van der Waals surface area contributed by atoms with Gasteiger partial charge in [0.25, 0.3) is 5.78 Å². The molecule has 0 N–H and O–H groups in total. The zero-order valence-corrected chi connectivity index (χ0v) is 9.03. The molecule has 6 heteroatoms. The Morgan fingerprint density at radius 1 is 1.33 bits per heavy atom. The van der Waals surface area contributed by atoms with Crippen LogP contribution in [0.5, 0.6) is 0 Å². The van der Waals surface area contributed by atoms with E-state index in [1.165, 1.54) is 10.6 Å². The fourth-order valence-electron chi connectivity index (χ4n) is 1.79. The number of halogens is 3. The maximum Gasteiger partial charge on any atom is 0.454 e. The number of carbonyl (C=O) groups is 1. The lowest BCUT2D eigenvalue weighted by Gasteiger charge is -2.02. The smallest absolute Gasteiger partial charge is 0.333 e. The van der Waals surface area contributed by atoms with Gasteiger partial charge in [-0.1, -0.05) is 18.2 Å². The van der Waals surface area contributed by atoms with Crippen LogP contribution in [0.4, 0.5) is 13.2 Å². The summed E-state index contributed by atoms with van der Waals surface area (Å²) in [4.78, 5) is 11.3. The molecule has 92 valence electrons. The molecule has 0 unspecified atom stereocenters. The second-order valence-electron chi connectivity index (χ2n) is 3.67. The van der Waals surface area contributed by atoms with Crippen LogP contribution in [0.25, 0.3) is 10.9 Å². The molecule has 0 spiro atoms. The largest absolute Gasteiger partial charge is 0.454 e. The van der Waals surface area contributed by atoms with Gasteiger partial charge in [0.05, 0.1) is 11.6 Å². The molecular formula is C12H7F3N2O. The third-order valence-electron chi connectivity index (χ3n) is 2.53. The molecule has 1 heterocycles. The summed E-state index contributed by atoms with van der Waals surface area (Å²) in [7, 11) is 0. The molecule has 0 aliphatic heterocycles. The van der Waals surface area contributed by atoms with Crippen LogP contribution in [-0.4, -0.2) is 16.5 Å². The molecule has 1 aromatic carbocycles. The summed E-state index contributed by atoms with van der Waals surface area (Å²) in [6.07, 6.45) is -3.84. The van der Waals surface area contributed by atoms with Crippen LogP contribution in [0, 0.1) is 11.3 Å². The van der Waals surface area contributed by atoms with Gasteiger partial charge in [0.15, 0.2) is 0 Å². The first kappa shape index (κ1) is 12.2. The molecule has 2 aromatic rings. The number of benzene rings is 1. The number of aromatic nitrogens is 1. The number of carbonyl (C=O) groups excluding carboxylic acids is 1. The Morgan fingerprint density at radius 3 is 2.61 bits per heavy atom. The van der Waals surface area contributed by atoms with Gasteiger partial charge in [-0.25, -0.2) is 0 Å². The zero-order chi connectivity index (χ0) is 13.3. The van der Waals surface area contributed by atoms with E-state index in [0.717, 1.165) is 6.20 Å². The van der Waals surface area contributed by atoms with Crippen LogP contribution in [-0.2, 0) is 6.54 Å². The number of alkyl halides is 3. The summed E-state index contributed by atoms with van der Waals surface area (Å²) in [6.45, 7) is -0.106. The van der Waals surface area contributed by atoms with Crippen LogP contribution in [0.3, 0.4) is 0 Å². The maximum atomic E-state index is 12.4. The predicted molar refractivity (Wildman–Crippen MR) is 57.9 cm³/mol. The molecular weight excluding hydrogens is 245 g/mol. The topological polar surface area (TPSA) is 45.8 Å². The minimum Gasteiger partial charge on any atom is -0.333 e. The Bertz CT molecular complexity index is 649. The van der Waals surface area contributed by atoms with Crippen molar-refractivity contribution in [3.63, 3.8) is 0 Å². The van der Waals surface area contributed by atoms with Crippen molar-refractivity contribution in [2.45, 2.75) is 12.7 Å². The maximum absolute atomic E-state index is 12.4. The van der Waals surface area contributed by atoms with E-state index in [1.807, 2.05) is 6.07 Å². The molecule has 0 radical (unpaired) electrons. The van der Waals surface area contributed by atoms with Gasteiger partial charge in [0.1, 0.15) is 6.54 Å². The number of Topliss-reactive ketones (excluding diaryl/α,β-unsaturated/α-hetero) is 1. The highest BCUT2D eigenvalue weighted by Gasteiger charge is 2.40. The van der Waals surface area contributed by atoms with Crippen LogP contribution >= 0.6 is 0 Å². The predicted octanol–water partition coefficient (Wildman–Crippen LogP) is 2.91. The summed E-state index contributed by atoms with van der Waals surface area (Å²) in [5.74, 6) is -1.89. The summed E-state index contributed by atoms with van der Waals surface area (Å²) in [5, 5.41) is 8.81. The molecule has 0 aliphatic rings. The Kier molecular flexibility index (Phi) is 2.83. The highest BCUT2D eigenvalue weighted by Crippen LogP contribution is 2.28. The second-order valence-corrected chi connectivity index (χ2v) is 3.67. The lowest BCUT2D eigenvalue weighted by atomic mass is 10.1. The molecule has 0 saturated heterocycles. The first-order chi connectivity index (χ1) is 8.45. The normalized spacial score (nSPS) is 11.4. The van der Waals surface area contributed by atoms with E-state index in [9.17, 15) is 18.0 Å². The Balaban J connectivity index is 2.66. The summed E-state index contributed by atoms with van der Waals surface area (Å²) in [5.41, 5.74) is 0.0139. The van der Waals surface area contributed by atoms with Crippen molar-refractivity contribution in [1.29, 1.82) is 5.26 Å². The van der Waals surface area contributed by atoms with Crippen molar-refractivity contribution in [2.75, 3.05) is 0 Å². The number of nitrogens with zero attached hydrogens (tertiary/aromatic N) is 2. The van der Waals surface area contributed by atoms with Gasteiger partial charge in [-0.2, -0.15) is 18.4 Å². The Labute approximate surface area is 100 Å². The molecule has 18 heavy (non-hydrogen) atoms. The Hall–Kier alpha value is -2.29. The third kappa shape index (κ3) is 1.95. The van der Waals surface area contributed by atoms with Gasteiger partial charge in [-0.15, -0.1) is 0 Å². The van der Waals surface area contributed by atoms with E-state index in [4.69, 9.17) is 5.26 Å². The van der Waals surface area contributed by atoms with Gasteiger partial charge >= 0.3 is 6.18 Å². The zero-order valence-electron chi connectivity index (χ0n) is 9.03. The number of ketones is 1. The molecule has 0 fully saturated rings. The average Bonchev–Trinajstić information content (AvgIpc) is 2.67. The van der Waals surface area contributed by atoms with Gasteiger partial charge in [-0.05, 0) is 6.07 Å². The minimum absolute atomic E-state index is 0.106. The van der Waals surface area contributed by atoms with Crippen molar-refractivity contribution in [3.05, 3.63) is 36.0 Å². The van der Waals surface area contributed by atoms with Crippen LogP contribution in [0.2, 0.25) is 0 Å². The summed E-state index contributed by atoms with van der Waals surface area (Å²) in [6, 6.07) is 8.02. The molecule has 1 aromatic heterocycles. The van der Waals surface area contributed by atoms with Gasteiger partial charge in [-0.3, -0.25) is 4.79 Å². The third-order valence-corrected chi connectivity index (χ3v) is 2.53. The Morgan fingerprint density at radius 2 is 2.00 bits per heavy atom.